The molecule has 2 heteroatoms. The van der Waals surface area contributed by atoms with Gasteiger partial charge in [-0.05, 0) is 19.1 Å². The van der Waals surface area contributed by atoms with Crippen molar-refractivity contribution in [2.75, 3.05) is 0 Å². The summed E-state index contributed by atoms with van der Waals surface area (Å²) in [5.74, 6) is 1.58. The summed E-state index contributed by atoms with van der Waals surface area (Å²) in [7, 11) is 0. The molecule has 0 aliphatic heterocycles. The molecule has 0 radical (unpaired) electrons. The van der Waals surface area contributed by atoms with Crippen LogP contribution < -0.4 is 0 Å². The molecule has 0 aliphatic rings. The molecular formula is C14H18N2. The number of hydrogen-bond donors (Lipinski definition) is 0. The molecule has 0 saturated heterocycles. The van der Waals surface area contributed by atoms with Gasteiger partial charge in [-0.15, -0.1) is 0 Å². The molecular weight excluding hydrogens is 196 g/mol. The molecule has 0 amide bonds. The lowest BCUT2D eigenvalue weighted by Crippen LogP contribution is -2.05. The van der Waals surface area contributed by atoms with Crippen LogP contribution in [0.25, 0.3) is 11.0 Å². The molecule has 2 aromatic rings. The molecule has 0 aliphatic carbocycles. The fraction of sp³-hybridized carbons (Fsp3) is 0.357. The van der Waals surface area contributed by atoms with Crippen molar-refractivity contribution in [3.05, 3.63) is 42.2 Å². The van der Waals surface area contributed by atoms with Crippen molar-refractivity contribution in [1.29, 1.82) is 0 Å². The van der Waals surface area contributed by atoms with Crippen molar-refractivity contribution in [3.8, 4) is 0 Å². The highest BCUT2D eigenvalue weighted by Gasteiger charge is 2.12. The van der Waals surface area contributed by atoms with Gasteiger partial charge in [-0.3, -0.25) is 0 Å². The lowest BCUT2D eigenvalue weighted by Gasteiger charge is -2.10. The molecule has 0 atom stereocenters. The van der Waals surface area contributed by atoms with E-state index in [9.17, 15) is 0 Å². The molecule has 0 bridgehead atoms. The SMILES string of the molecule is C=C(C)Cn1c(C(C)C)nc2ccccc21. The highest BCUT2D eigenvalue weighted by Crippen LogP contribution is 2.22. The Bertz CT molecular complexity index is 521. The number of allylic oxidation sites excluding steroid dienone is 1. The Labute approximate surface area is 96.6 Å². The van der Waals surface area contributed by atoms with E-state index in [0.29, 0.717) is 5.92 Å². The fourth-order valence-electron chi connectivity index (χ4n) is 1.97. The number of hydrogen-bond acceptors (Lipinski definition) is 1. The first-order valence-corrected chi connectivity index (χ1v) is 5.69. The van der Waals surface area contributed by atoms with Gasteiger partial charge in [0, 0.05) is 12.5 Å². The summed E-state index contributed by atoms with van der Waals surface area (Å²) in [5.41, 5.74) is 3.44. The Morgan fingerprint density at radius 2 is 2.06 bits per heavy atom. The van der Waals surface area contributed by atoms with E-state index in [0.717, 1.165) is 23.5 Å². The number of imidazole rings is 1. The van der Waals surface area contributed by atoms with Crippen LogP contribution in [-0.2, 0) is 6.54 Å². The van der Waals surface area contributed by atoms with Crippen LogP contribution in [0, 0.1) is 0 Å². The molecule has 2 rings (SSSR count). The third kappa shape index (κ3) is 1.87. The maximum absolute atomic E-state index is 4.69. The molecule has 1 heterocycles. The normalized spacial score (nSPS) is 11.2. The van der Waals surface area contributed by atoms with Crippen LogP contribution >= 0.6 is 0 Å². The van der Waals surface area contributed by atoms with Crippen molar-refractivity contribution >= 4 is 11.0 Å². The van der Waals surface area contributed by atoms with Crippen LogP contribution in [-0.4, -0.2) is 9.55 Å². The van der Waals surface area contributed by atoms with Crippen LogP contribution in [0.3, 0.4) is 0 Å². The van der Waals surface area contributed by atoms with E-state index in [2.05, 4.69) is 55.1 Å². The van der Waals surface area contributed by atoms with Crippen LogP contribution in [0.5, 0.6) is 0 Å². The minimum atomic E-state index is 0.437. The maximum Gasteiger partial charge on any atom is 0.112 e. The summed E-state index contributed by atoms with van der Waals surface area (Å²) in [5, 5.41) is 0. The van der Waals surface area contributed by atoms with E-state index < -0.39 is 0 Å². The number of nitrogens with zero attached hydrogens (tertiary/aromatic N) is 2. The van der Waals surface area contributed by atoms with Gasteiger partial charge in [-0.1, -0.05) is 38.1 Å². The minimum absolute atomic E-state index is 0.437. The van der Waals surface area contributed by atoms with Crippen molar-refractivity contribution in [2.24, 2.45) is 0 Å². The predicted molar refractivity (Wildman–Crippen MR) is 68.6 cm³/mol. The topological polar surface area (TPSA) is 17.8 Å². The highest BCUT2D eigenvalue weighted by atomic mass is 15.1. The van der Waals surface area contributed by atoms with Gasteiger partial charge in [0.25, 0.3) is 0 Å². The zero-order chi connectivity index (χ0) is 11.7. The molecule has 0 fully saturated rings. The number of para-hydroxylation sites is 2. The standard InChI is InChI=1S/C14H18N2/c1-10(2)9-16-13-8-6-5-7-12(13)15-14(16)11(3)4/h5-8,11H,1,9H2,2-4H3. The monoisotopic (exact) mass is 214 g/mol. The maximum atomic E-state index is 4.69. The molecule has 0 saturated carbocycles. The van der Waals surface area contributed by atoms with Gasteiger partial charge in [-0.25, -0.2) is 4.98 Å². The van der Waals surface area contributed by atoms with E-state index in [1.165, 1.54) is 5.52 Å². The Morgan fingerprint density at radius 3 is 2.69 bits per heavy atom. The summed E-state index contributed by atoms with van der Waals surface area (Å²) >= 11 is 0. The van der Waals surface area contributed by atoms with Gasteiger partial charge in [0.2, 0.25) is 0 Å². The largest absolute Gasteiger partial charge is 0.324 e. The number of fused-ring (bicyclic) bond motifs is 1. The first kappa shape index (κ1) is 10.9. The van der Waals surface area contributed by atoms with E-state index in [1.54, 1.807) is 0 Å². The van der Waals surface area contributed by atoms with Crippen molar-refractivity contribution in [3.63, 3.8) is 0 Å². The minimum Gasteiger partial charge on any atom is -0.324 e. The second-order valence-electron chi connectivity index (χ2n) is 4.66. The molecule has 1 aromatic heterocycles. The van der Waals surface area contributed by atoms with Gasteiger partial charge < -0.3 is 4.57 Å². The lowest BCUT2D eigenvalue weighted by molar-refractivity contribution is 0.678. The Balaban J connectivity index is 2.64. The molecule has 0 N–H and O–H groups in total. The first-order chi connectivity index (χ1) is 7.59. The fourth-order valence-corrected chi connectivity index (χ4v) is 1.97. The molecule has 2 nitrogen and oxygen atoms in total. The van der Waals surface area contributed by atoms with E-state index in [4.69, 9.17) is 0 Å². The second-order valence-corrected chi connectivity index (χ2v) is 4.66. The van der Waals surface area contributed by atoms with Crippen molar-refractivity contribution < 1.29 is 0 Å². The highest BCUT2D eigenvalue weighted by molar-refractivity contribution is 5.76. The van der Waals surface area contributed by atoms with Gasteiger partial charge in [0.15, 0.2) is 0 Å². The third-order valence-corrected chi connectivity index (χ3v) is 2.63. The smallest absolute Gasteiger partial charge is 0.112 e. The number of benzene rings is 1. The van der Waals surface area contributed by atoms with Gasteiger partial charge in [-0.2, -0.15) is 0 Å². The number of rotatable bonds is 3. The summed E-state index contributed by atoms with van der Waals surface area (Å²) in [6.45, 7) is 11.3. The van der Waals surface area contributed by atoms with Crippen LogP contribution in [0.4, 0.5) is 0 Å². The summed E-state index contributed by atoms with van der Waals surface area (Å²) in [6, 6.07) is 8.28. The third-order valence-electron chi connectivity index (χ3n) is 2.63. The zero-order valence-electron chi connectivity index (χ0n) is 10.2. The van der Waals surface area contributed by atoms with Crippen molar-refractivity contribution in [1.82, 2.24) is 9.55 Å². The van der Waals surface area contributed by atoms with Crippen LogP contribution in [0.15, 0.2) is 36.4 Å². The molecule has 0 unspecified atom stereocenters. The average Bonchev–Trinajstić information content (AvgIpc) is 2.57. The molecule has 0 spiro atoms. The zero-order valence-corrected chi connectivity index (χ0v) is 10.2. The molecule has 16 heavy (non-hydrogen) atoms. The first-order valence-electron chi connectivity index (χ1n) is 5.69. The summed E-state index contributed by atoms with van der Waals surface area (Å²) < 4.78 is 2.27. The Kier molecular flexibility index (Phi) is 2.82. The second kappa shape index (κ2) is 4.12. The van der Waals surface area contributed by atoms with Crippen LogP contribution in [0.2, 0.25) is 0 Å². The summed E-state index contributed by atoms with van der Waals surface area (Å²) in [6.07, 6.45) is 0. The summed E-state index contributed by atoms with van der Waals surface area (Å²) in [4.78, 5) is 4.69. The van der Waals surface area contributed by atoms with Crippen molar-refractivity contribution in [2.45, 2.75) is 33.2 Å². The predicted octanol–water partition coefficient (Wildman–Crippen LogP) is 3.74. The van der Waals surface area contributed by atoms with E-state index >= 15 is 0 Å². The van der Waals surface area contributed by atoms with Crippen LogP contribution in [0.1, 0.15) is 32.5 Å². The molecule has 1 aromatic carbocycles. The van der Waals surface area contributed by atoms with E-state index in [1.807, 2.05) is 6.07 Å². The quantitative estimate of drug-likeness (QED) is 0.712. The lowest BCUT2D eigenvalue weighted by atomic mass is 10.2. The Morgan fingerprint density at radius 1 is 1.38 bits per heavy atom. The van der Waals surface area contributed by atoms with Gasteiger partial charge >= 0.3 is 0 Å². The van der Waals surface area contributed by atoms with E-state index in [-0.39, 0.29) is 0 Å². The van der Waals surface area contributed by atoms with Gasteiger partial charge in [0.1, 0.15) is 5.82 Å². The number of aromatic nitrogens is 2. The Hall–Kier alpha value is -1.57. The molecule has 84 valence electrons. The average molecular weight is 214 g/mol. The van der Waals surface area contributed by atoms with Gasteiger partial charge in [0.05, 0.1) is 11.0 Å².